The second-order valence-electron chi connectivity index (χ2n) is 5.28. The van der Waals surface area contributed by atoms with E-state index in [4.69, 9.17) is 4.74 Å². The van der Waals surface area contributed by atoms with Crippen LogP contribution in [0.1, 0.15) is 16.8 Å². The summed E-state index contributed by atoms with van der Waals surface area (Å²) in [6.45, 7) is 1.93. The Morgan fingerprint density at radius 2 is 1.96 bits per heavy atom. The van der Waals surface area contributed by atoms with Crippen LogP contribution in [-0.4, -0.2) is 20.0 Å². The van der Waals surface area contributed by atoms with E-state index in [9.17, 15) is 17.6 Å². The van der Waals surface area contributed by atoms with Gasteiger partial charge in [-0.15, -0.1) is 5.10 Å². The average molecular weight is 352 g/mol. The number of alkyl halides is 3. The molecule has 2 aromatic heterocycles. The number of benzene rings is 1. The average Bonchev–Trinajstić information content (AvgIpc) is 3.01. The number of nitrogens with zero attached hydrogens (tertiary/aromatic N) is 4. The predicted molar refractivity (Wildman–Crippen MR) is 79.6 cm³/mol. The van der Waals surface area contributed by atoms with Crippen molar-refractivity contribution in [2.24, 2.45) is 0 Å². The summed E-state index contributed by atoms with van der Waals surface area (Å²) in [6, 6.07) is 6.16. The lowest BCUT2D eigenvalue weighted by atomic mass is 10.2. The van der Waals surface area contributed by atoms with Gasteiger partial charge >= 0.3 is 6.18 Å². The van der Waals surface area contributed by atoms with Gasteiger partial charge in [-0.3, -0.25) is 0 Å². The third-order valence-corrected chi connectivity index (χ3v) is 3.32. The van der Waals surface area contributed by atoms with E-state index in [-0.39, 0.29) is 12.3 Å². The zero-order chi connectivity index (χ0) is 18.0. The maximum Gasteiger partial charge on any atom is 0.419 e. The molecule has 1 aromatic carbocycles. The first kappa shape index (κ1) is 16.9. The normalized spacial score (nSPS) is 11.6. The fraction of sp³-hybridized carbons (Fsp3) is 0.188. The molecule has 9 heteroatoms. The van der Waals surface area contributed by atoms with E-state index in [0.717, 1.165) is 16.3 Å². The molecule has 0 saturated carbocycles. The summed E-state index contributed by atoms with van der Waals surface area (Å²) in [6.07, 6.45) is -1.79. The third-order valence-electron chi connectivity index (χ3n) is 3.32. The van der Waals surface area contributed by atoms with Crippen molar-refractivity contribution < 1.29 is 22.3 Å². The van der Waals surface area contributed by atoms with Crippen molar-refractivity contribution in [3.05, 3.63) is 65.4 Å². The van der Waals surface area contributed by atoms with Crippen LogP contribution in [0.2, 0.25) is 0 Å². The van der Waals surface area contributed by atoms with Gasteiger partial charge in [0.05, 0.1) is 17.4 Å². The first-order valence-corrected chi connectivity index (χ1v) is 7.17. The lowest BCUT2D eigenvalue weighted by Gasteiger charge is -2.09. The van der Waals surface area contributed by atoms with E-state index in [1.807, 2.05) is 13.0 Å². The summed E-state index contributed by atoms with van der Waals surface area (Å²) < 4.78 is 58.2. The molecule has 0 fully saturated rings. The summed E-state index contributed by atoms with van der Waals surface area (Å²) in [7, 11) is 0. The largest absolute Gasteiger partial charge is 0.471 e. The number of hydrogen-bond acceptors (Lipinski definition) is 4. The Labute approximate surface area is 139 Å². The zero-order valence-corrected chi connectivity index (χ0v) is 13.0. The number of pyridine rings is 1. The number of ether oxygens (including phenoxy) is 1. The molecule has 5 nitrogen and oxygen atoms in total. The zero-order valence-electron chi connectivity index (χ0n) is 13.0. The monoisotopic (exact) mass is 352 g/mol. The third kappa shape index (κ3) is 3.93. The molecule has 0 N–H and O–H groups in total. The van der Waals surface area contributed by atoms with Gasteiger partial charge in [-0.05, 0) is 36.8 Å². The van der Waals surface area contributed by atoms with Gasteiger partial charge in [0, 0.05) is 12.3 Å². The van der Waals surface area contributed by atoms with Crippen molar-refractivity contribution in [2.45, 2.75) is 19.7 Å². The maximum atomic E-state index is 13.3. The number of hydrogen-bond donors (Lipinski definition) is 0. The van der Waals surface area contributed by atoms with Gasteiger partial charge in [-0.2, -0.15) is 13.2 Å². The van der Waals surface area contributed by atoms with Crippen LogP contribution >= 0.6 is 0 Å². The Balaban J connectivity index is 1.77. The van der Waals surface area contributed by atoms with E-state index < -0.39 is 17.6 Å². The molecule has 0 aliphatic heterocycles. The molecule has 0 unspecified atom stereocenters. The Bertz CT molecular complexity index is 892. The standard InChI is InChI=1S/C16H12F4N4O/c1-10-4-5-21-15(6-10)25-9-11-8-24(23-22-11)12-2-3-14(17)13(7-12)16(18,19)20/h2-8H,9H2,1H3. The summed E-state index contributed by atoms with van der Waals surface area (Å²) in [5, 5.41) is 7.58. The number of aryl methyl sites for hydroxylation is 1. The highest BCUT2D eigenvalue weighted by Crippen LogP contribution is 2.32. The lowest BCUT2D eigenvalue weighted by molar-refractivity contribution is -0.140. The van der Waals surface area contributed by atoms with Crippen molar-refractivity contribution in [1.82, 2.24) is 20.0 Å². The van der Waals surface area contributed by atoms with Crippen molar-refractivity contribution in [2.75, 3.05) is 0 Å². The molecule has 130 valence electrons. The van der Waals surface area contributed by atoms with Crippen LogP contribution in [0.5, 0.6) is 5.88 Å². The minimum Gasteiger partial charge on any atom is -0.471 e. The molecule has 0 amide bonds. The van der Waals surface area contributed by atoms with Crippen molar-refractivity contribution in [3.8, 4) is 11.6 Å². The van der Waals surface area contributed by atoms with Gasteiger partial charge in [0.15, 0.2) is 0 Å². The predicted octanol–water partition coefficient (Wildman–Crippen LogP) is 3.71. The first-order chi connectivity index (χ1) is 11.8. The highest BCUT2D eigenvalue weighted by Gasteiger charge is 2.34. The Morgan fingerprint density at radius 3 is 2.68 bits per heavy atom. The number of rotatable bonds is 4. The molecule has 0 radical (unpaired) electrons. The smallest absolute Gasteiger partial charge is 0.419 e. The van der Waals surface area contributed by atoms with Gasteiger partial charge in [0.1, 0.15) is 18.1 Å². The lowest BCUT2D eigenvalue weighted by Crippen LogP contribution is -2.09. The van der Waals surface area contributed by atoms with E-state index in [0.29, 0.717) is 17.6 Å². The van der Waals surface area contributed by atoms with E-state index in [1.165, 1.54) is 12.3 Å². The van der Waals surface area contributed by atoms with Gasteiger partial charge in [0.2, 0.25) is 5.88 Å². The van der Waals surface area contributed by atoms with Gasteiger partial charge in [0.25, 0.3) is 0 Å². The number of aromatic nitrogens is 4. The van der Waals surface area contributed by atoms with Crippen molar-refractivity contribution >= 4 is 0 Å². The number of halogens is 4. The van der Waals surface area contributed by atoms with Gasteiger partial charge in [-0.1, -0.05) is 5.21 Å². The molecule has 0 saturated heterocycles. The van der Waals surface area contributed by atoms with Crippen LogP contribution in [0.3, 0.4) is 0 Å². The molecule has 0 aliphatic rings. The van der Waals surface area contributed by atoms with Crippen LogP contribution in [0, 0.1) is 12.7 Å². The minimum absolute atomic E-state index is 0.0427. The van der Waals surface area contributed by atoms with Crippen LogP contribution in [-0.2, 0) is 12.8 Å². The van der Waals surface area contributed by atoms with Crippen molar-refractivity contribution in [3.63, 3.8) is 0 Å². The molecule has 0 atom stereocenters. The van der Waals surface area contributed by atoms with E-state index >= 15 is 0 Å². The minimum atomic E-state index is -4.79. The maximum absolute atomic E-state index is 13.3. The quantitative estimate of drug-likeness (QED) is 0.672. The molecule has 25 heavy (non-hydrogen) atoms. The van der Waals surface area contributed by atoms with Gasteiger partial charge in [-0.25, -0.2) is 14.1 Å². The highest BCUT2D eigenvalue weighted by molar-refractivity contribution is 5.37. The molecule has 2 heterocycles. The molecular weight excluding hydrogens is 340 g/mol. The fourth-order valence-electron chi connectivity index (χ4n) is 2.10. The first-order valence-electron chi connectivity index (χ1n) is 7.17. The SMILES string of the molecule is Cc1ccnc(OCc2cn(-c3ccc(F)c(C(F)(F)F)c3)nn2)c1. The topological polar surface area (TPSA) is 52.8 Å². The van der Waals surface area contributed by atoms with E-state index in [1.54, 1.807) is 12.3 Å². The molecule has 0 bridgehead atoms. The summed E-state index contributed by atoms with van der Waals surface area (Å²) >= 11 is 0. The Morgan fingerprint density at radius 1 is 1.16 bits per heavy atom. The van der Waals surface area contributed by atoms with Gasteiger partial charge < -0.3 is 4.74 Å². The molecule has 0 spiro atoms. The summed E-state index contributed by atoms with van der Waals surface area (Å²) in [4.78, 5) is 4.02. The second kappa shape index (κ2) is 6.50. The van der Waals surface area contributed by atoms with E-state index in [2.05, 4.69) is 15.3 Å². The van der Waals surface area contributed by atoms with Crippen LogP contribution in [0.4, 0.5) is 17.6 Å². The summed E-state index contributed by atoms with van der Waals surface area (Å²) in [5.74, 6) is -0.943. The van der Waals surface area contributed by atoms with Crippen LogP contribution < -0.4 is 4.74 Å². The Hall–Kier alpha value is -2.97. The highest BCUT2D eigenvalue weighted by atomic mass is 19.4. The molecular formula is C16H12F4N4O. The summed E-state index contributed by atoms with van der Waals surface area (Å²) in [5.41, 5.74) is 0.0456. The fourth-order valence-corrected chi connectivity index (χ4v) is 2.10. The molecule has 3 aromatic rings. The molecule has 3 rings (SSSR count). The van der Waals surface area contributed by atoms with Crippen LogP contribution in [0.25, 0.3) is 5.69 Å². The Kier molecular flexibility index (Phi) is 4.39. The molecule has 0 aliphatic carbocycles. The van der Waals surface area contributed by atoms with Crippen LogP contribution in [0.15, 0.2) is 42.7 Å². The van der Waals surface area contributed by atoms with Crippen molar-refractivity contribution in [1.29, 1.82) is 0 Å². The second-order valence-corrected chi connectivity index (χ2v) is 5.28.